The Bertz CT molecular complexity index is 639. The molecule has 1 aliphatic heterocycles. The molecule has 11 nitrogen and oxygen atoms in total. The third kappa shape index (κ3) is 6.22. The highest BCUT2D eigenvalue weighted by atomic mass is 16.7. The minimum absolute atomic E-state index is 0.0299. The molecule has 1 saturated heterocycles. The first-order chi connectivity index (χ1) is 14.9. The summed E-state index contributed by atoms with van der Waals surface area (Å²) in [5.74, 6) is -0.361. The van der Waals surface area contributed by atoms with Gasteiger partial charge in [0.1, 0.15) is 31.5 Å². The quantitative estimate of drug-likeness (QED) is 0.160. The smallest absolute Gasteiger partial charge is 0.338 e. The third-order valence-electron chi connectivity index (χ3n) is 5.72. The van der Waals surface area contributed by atoms with Crippen molar-refractivity contribution in [3.05, 3.63) is 12.2 Å². The van der Waals surface area contributed by atoms with Crippen LogP contribution in [0, 0.1) is 17.8 Å². The molecule has 0 amide bonds. The molecular formula is C20H30O11. The average molecular weight is 446 g/mol. The molecule has 31 heavy (non-hydrogen) atoms. The molecule has 0 aromatic heterocycles. The van der Waals surface area contributed by atoms with Gasteiger partial charge in [-0.2, -0.15) is 0 Å². The van der Waals surface area contributed by atoms with Crippen molar-refractivity contribution in [3.63, 3.8) is 0 Å². The Balaban J connectivity index is 1.16. The number of rotatable bonds is 11. The fourth-order valence-corrected chi connectivity index (χ4v) is 4.02. The van der Waals surface area contributed by atoms with Crippen molar-refractivity contribution in [2.45, 2.75) is 43.5 Å². The molecule has 3 aliphatic rings. The van der Waals surface area contributed by atoms with Crippen molar-refractivity contribution in [1.82, 2.24) is 0 Å². The van der Waals surface area contributed by atoms with Crippen molar-refractivity contribution >= 4 is 11.9 Å². The van der Waals surface area contributed by atoms with E-state index in [4.69, 9.17) is 23.7 Å². The van der Waals surface area contributed by atoms with Crippen LogP contribution in [0.2, 0.25) is 0 Å². The average Bonchev–Trinajstić information content (AvgIpc) is 3.39. The fourth-order valence-electron chi connectivity index (χ4n) is 4.02. The van der Waals surface area contributed by atoms with Crippen LogP contribution < -0.4 is 0 Å². The van der Waals surface area contributed by atoms with Crippen LogP contribution in [0.3, 0.4) is 0 Å². The van der Waals surface area contributed by atoms with Crippen LogP contribution in [0.1, 0.15) is 12.8 Å². The lowest BCUT2D eigenvalue weighted by Crippen LogP contribution is -2.60. The van der Waals surface area contributed by atoms with Crippen LogP contribution in [0.25, 0.3) is 0 Å². The number of hydrogen-bond acceptors (Lipinski definition) is 11. The zero-order valence-electron chi connectivity index (χ0n) is 17.1. The number of ether oxygens (including phenoxy) is 5. The Labute approximate surface area is 179 Å². The van der Waals surface area contributed by atoms with Gasteiger partial charge in [0.2, 0.25) is 0 Å². The van der Waals surface area contributed by atoms with Gasteiger partial charge in [0.15, 0.2) is 12.4 Å². The van der Waals surface area contributed by atoms with Crippen molar-refractivity contribution in [2.24, 2.45) is 17.8 Å². The second kappa shape index (κ2) is 11.3. The van der Waals surface area contributed by atoms with Gasteiger partial charge in [0, 0.05) is 0 Å². The second-order valence-corrected chi connectivity index (χ2v) is 7.87. The summed E-state index contributed by atoms with van der Waals surface area (Å²) >= 11 is 0. The van der Waals surface area contributed by atoms with Gasteiger partial charge in [0.25, 0.3) is 0 Å². The summed E-state index contributed by atoms with van der Waals surface area (Å²) in [6.45, 7) is 0.852. The molecule has 0 aromatic carbocycles. The molecule has 0 radical (unpaired) electrons. The van der Waals surface area contributed by atoms with Gasteiger partial charge in [-0.05, 0) is 24.7 Å². The zero-order chi connectivity index (χ0) is 22.4. The van der Waals surface area contributed by atoms with E-state index >= 15 is 0 Å². The minimum Gasteiger partial charge on any atom is -0.463 e. The highest BCUT2D eigenvalue weighted by Crippen LogP contribution is 2.43. The number of carbonyl (C=O) groups excluding carboxylic acids is 2. The van der Waals surface area contributed by atoms with E-state index in [0.29, 0.717) is 11.8 Å². The molecule has 0 aromatic rings. The maximum Gasteiger partial charge on any atom is 0.338 e. The number of carbonyl (C=O) groups is 2. The highest BCUT2D eigenvalue weighted by molar-refractivity contribution is 5.75. The highest BCUT2D eigenvalue weighted by Gasteiger charge is 2.47. The molecule has 1 heterocycles. The molecule has 1 saturated carbocycles. The van der Waals surface area contributed by atoms with Gasteiger partial charge in [0.05, 0.1) is 32.3 Å². The van der Waals surface area contributed by atoms with Crippen LogP contribution in [-0.2, 0) is 33.3 Å². The van der Waals surface area contributed by atoms with Gasteiger partial charge in [-0.25, -0.2) is 4.79 Å². The third-order valence-corrected chi connectivity index (χ3v) is 5.72. The van der Waals surface area contributed by atoms with E-state index in [-0.39, 0.29) is 51.5 Å². The van der Waals surface area contributed by atoms with Gasteiger partial charge in [-0.1, -0.05) is 12.2 Å². The molecule has 2 aliphatic carbocycles. The predicted octanol–water partition coefficient (Wildman–Crippen LogP) is -1.88. The zero-order valence-corrected chi connectivity index (χ0v) is 17.1. The summed E-state index contributed by atoms with van der Waals surface area (Å²) in [7, 11) is 0. The monoisotopic (exact) mass is 446 g/mol. The summed E-state index contributed by atoms with van der Waals surface area (Å²) in [6, 6.07) is 0. The Hall–Kier alpha value is -1.60. The normalized spacial score (nSPS) is 36.5. The topological polar surface area (TPSA) is 161 Å². The molecular weight excluding hydrogens is 416 g/mol. The first-order valence-corrected chi connectivity index (χ1v) is 10.4. The largest absolute Gasteiger partial charge is 0.463 e. The summed E-state index contributed by atoms with van der Waals surface area (Å²) in [4.78, 5) is 23.9. The number of aliphatic hydroxyl groups is 4. The van der Waals surface area contributed by atoms with Gasteiger partial charge < -0.3 is 44.1 Å². The van der Waals surface area contributed by atoms with Crippen molar-refractivity contribution in [1.29, 1.82) is 0 Å². The maximum absolute atomic E-state index is 12.0. The standard InChI is InChI=1S/C20H30O11/c21-14-15(22)17(31-19(25)16(14)23)20(26)30-8-6-28-4-3-27-5-7-29-18(24)13-10-11-1-2-12(13)9-11/h1-2,11-17,19,21-23,25H,3-10H2/t11?,12?,13?,14-,15+,16+,17-,19-/m0/s1. The molecule has 3 unspecified atom stereocenters. The first-order valence-electron chi connectivity index (χ1n) is 10.4. The number of esters is 2. The van der Waals surface area contributed by atoms with Gasteiger partial charge in [-0.15, -0.1) is 0 Å². The summed E-state index contributed by atoms with van der Waals surface area (Å²) in [5, 5.41) is 38.1. The number of hydrogen-bond donors (Lipinski definition) is 4. The maximum atomic E-state index is 12.0. The number of allylic oxidation sites excluding steroid dienone is 2. The molecule has 176 valence electrons. The molecule has 2 bridgehead atoms. The van der Waals surface area contributed by atoms with E-state index in [2.05, 4.69) is 12.2 Å². The van der Waals surface area contributed by atoms with E-state index < -0.39 is 36.7 Å². The van der Waals surface area contributed by atoms with Crippen LogP contribution in [0.5, 0.6) is 0 Å². The Morgan fingerprint density at radius 3 is 1.97 bits per heavy atom. The fraction of sp³-hybridized carbons (Fsp3) is 0.800. The Morgan fingerprint density at radius 1 is 0.774 bits per heavy atom. The Morgan fingerprint density at radius 2 is 1.39 bits per heavy atom. The van der Waals surface area contributed by atoms with Crippen LogP contribution in [0.4, 0.5) is 0 Å². The molecule has 8 atom stereocenters. The Kier molecular flexibility index (Phi) is 8.78. The van der Waals surface area contributed by atoms with Crippen molar-refractivity contribution in [2.75, 3.05) is 39.6 Å². The first kappa shape index (κ1) is 24.1. The second-order valence-electron chi connectivity index (χ2n) is 7.87. The van der Waals surface area contributed by atoms with Crippen molar-refractivity contribution in [3.8, 4) is 0 Å². The van der Waals surface area contributed by atoms with Gasteiger partial charge in [-0.3, -0.25) is 4.79 Å². The molecule has 11 heteroatoms. The number of fused-ring (bicyclic) bond motifs is 2. The molecule has 0 spiro atoms. The minimum atomic E-state index is -1.81. The summed E-state index contributed by atoms with van der Waals surface area (Å²) in [5.41, 5.74) is 0. The SMILES string of the molecule is O=C(OCCOCCOCCOC(=O)[C@H]1O[C@H](O)[C@H](O)[C@@H](O)[C@H]1O)C1CC2C=CC1C2. The van der Waals surface area contributed by atoms with Crippen LogP contribution in [-0.4, -0.2) is 103 Å². The van der Waals surface area contributed by atoms with E-state index in [1.54, 1.807) is 0 Å². The molecule has 3 rings (SSSR count). The van der Waals surface area contributed by atoms with E-state index in [1.807, 2.05) is 0 Å². The predicted molar refractivity (Wildman–Crippen MR) is 101 cm³/mol. The van der Waals surface area contributed by atoms with E-state index in [1.165, 1.54) is 0 Å². The summed E-state index contributed by atoms with van der Waals surface area (Å²) in [6.07, 6.45) is -2.42. The van der Waals surface area contributed by atoms with Crippen LogP contribution >= 0.6 is 0 Å². The van der Waals surface area contributed by atoms with E-state index in [9.17, 15) is 30.0 Å². The van der Waals surface area contributed by atoms with Crippen molar-refractivity contribution < 1.29 is 53.7 Å². The summed E-state index contributed by atoms with van der Waals surface area (Å²) < 4.78 is 25.5. The van der Waals surface area contributed by atoms with Gasteiger partial charge >= 0.3 is 11.9 Å². The number of aliphatic hydroxyl groups excluding tert-OH is 4. The lowest BCUT2D eigenvalue weighted by Gasteiger charge is -2.36. The lowest BCUT2D eigenvalue weighted by molar-refractivity contribution is -0.281. The molecule has 4 N–H and O–H groups in total. The van der Waals surface area contributed by atoms with Crippen LogP contribution in [0.15, 0.2) is 12.2 Å². The lowest BCUT2D eigenvalue weighted by atomic mass is 9.94. The van der Waals surface area contributed by atoms with E-state index in [0.717, 1.165) is 12.8 Å². The molecule has 2 fully saturated rings.